The summed E-state index contributed by atoms with van der Waals surface area (Å²) in [6, 6.07) is 22.8. The summed E-state index contributed by atoms with van der Waals surface area (Å²) in [5.41, 5.74) is 5.57. The van der Waals surface area contributed by atoms with Gasteiger partial charge in [0, 0.05) is 11.6 Å². The van der Waals surface area contributed by atoms with Gasteiger partial charge in [0.05, 0.1) is 23.4 Å². The second-order valence-corrected chi connectivity index (χ2v) is 6.14. The molecule has 0 saturated heterocycles. The number of para-hydroxylation sites is 1. The maximum Gasteiger partial charge on any atom is 0.0930 e. The topological polar surface area (TPSA) is 30.7 Å². The highest BCUT2D eigenvalue weighted by molar-refractivity contribution is 5.89. The second-order valence-electron chi connectivity index (χ2n) is 6.14. The molecule has 2 heterocycles. The number of pyridine rings is 1. The largest absolute Gasteiger partial charge is 0.260 e. The van der Waals surface area contributed by atoms with Gasteiger partial charge in [-0.2, -0.15) is 5.10 Å². The highest BCUT2D eigenvalue weighted by atomic mass is 15.3. The van der Waals surface area contributed by atoms with E-state index in [9.17, 15) is 0 Å². The van der Waals surface area contributed by atoms with Gasteiger partial charge in [0.25, 0.3) is 0 Å². The van der Waals surface area contributed by atoms with Gasteiger partial charge in [0.15, 0.2) is 0 Å². The van der Waals surface area contributed by atoms with E-state index < -0.39 is 0 Å². The van der Waals surface area contributed by atoms with Crippen molar-refractivity contribution in [2.45, 2.75) is 13.5 Å². The summed E-state index contributed by atoms with van der Waals surface area (Å²) < 4.78 is 2.07. The fraction of sp³-hybridized carbons (Fsp3) is 0.0909. The van der Waals surface area contributed by atoms with E-state index in [2.05, 4.69) is 65.1 Å². The summed E-state index contributed by atoms with van der Waals surface area (Å²) in [6.07, 6.45) is 5.84. The summed E-state index contributed by atoms with van der Waals surface area (Å²) in [5.74, 6) is 0. The molecule has 3 nitrogen and oxygen atoms in total. The van der Waals surface area contributed by atoms with E-state index in [4.69, 9.17) is 5.10 Å². The number of hydrogen-bond donors (Lipinski definition) is 0. The van der Waals surface area contributed by atoms with E-state index in [1.54, 1.807) is 6.20 Å². The van der Waals surface area contributed by atoms with Crippen LogP contribution in [0.1, 0.15) is 22.5 Å². The Labute approximate surface area is 147 Å². The molecule has 0 atom stereocenters. The van der Waals surface area contributed by atoms with Crippen LogP contribution in [0, 0.1) is 6.92 Å². The Hall–Kier alpha value is -3.20. The lowest BCUT2D eigenvalue weighted by atomic mass is 10.1. The molecule has 0 aliphatic rings. The third-order valence-corrected chi connectivity index (χ3v) is 4.20. The van der Waals surface area contributed by atoms with E-state index in [0.29, 0.717) is 0 Å². The molecule has 2 aromatic carbocycles. The lowest BCUT2D eigenvalue weighted by Crippen LogP contribution is -2.01. The highest BCUT2D eigenvalue weighted by Crippen LogP contribution is 2.21. The summed E-state index contributed by atoms with van der Waals surface area (Å²) in [6.45, 7) is 2.88. The highest BCUT2D eigenvalue weighted by Gasteiger charge is 2.08. The van der Waals surface area contributed by atoms with Crippen LogP contribution >= 0.6 is 0 Å². The molecule has 0 radical (unpaired) electrons. The zero-order chi connectivity index (χ0) is 17.1. The van der Waals surface area contributed by atoms with E-state index in [0.717, 1.165) is 28.8 Å². The number of fused-ring (bicyclic) bond motifs is 1. The van der Waals surface area contributed by atoms with Crippen LogP contribution in [0.25, 0.3) is 23.1 Å². The summed E-state index contributed by atoms with van der Waals surface area (Å²) in [5, 5.41) is 5.99. The van der Waals surface area contributed by atoms with Crippen LogP contribution < -0.4 is 0 Å². The molecule has 0 unspecified atom stereocenters. The molecular formula is C22H19N3. The number of hydrogen-bond acceptors (Lipinski definition) is 2. The van der Waals surface area contributed by atoms with Crippen LogP contribution in [-0.2, 0) is 6.54 Å². The molecule has 0 fully saturated rings. The monoisotopic (exact) mass is 325 g/mol. The maximum absolute atomic E-state index is 4.83. The fourth-order valence-corrected chi connectivity index (χ4v) is 3.02. The van der Waals surface area contributed by atoms with Gasteiger partial charge in [-0.05, 0) is 42.8 Å². The normalized spacial score (nSPS) is 11.4. The van der Waals surface area contributed by atoms with Gasteiger partial charge in [-0.25, -0.2) is 0 Å². The lowest BCUT2D eigenvalue weighted by Gasteiger charge is -2.04. The zero-order valence-corrected chi connectivity index (χ0v) is 14.1. The molecule has 4 rings (SSSR count). The van der Waals surface area contributed by atoms with Gasteiger partial charge in [-0.1, -0.05) is 54.1 Å². The van der Waals surface area contributed by atoms with Crippen molar-refractivity contribution in [3.63, 3.8) is 0 Å². The summed E-state index contributed by atoms with van der Waals surface area (Å²) in [4.78, 5) is 4.34. The number of nitrogens with zero attached hydrogens (tertiary/aromatic N) is 3. The first-order valence-corrected chi connectivity index (χ1v) is 8.40. The quantitative estimate of drug-likeness (QED) is 0.531. The maximum atomic E-state index is 4.83. The molecule has 2 aromatic heterocycles. The van der Waals surface area contributed by atoms with Crippen molar-refractivity contribution in [2.75, 3.05) is 0 Å². The fourth-order valence-electron chi connectivity index (χ4n) is 3.02. The lowest BCUT2D eigenvalue weighted by molar-refractivity contribution is 0.709. The average Bonchev–Trinajstić information content (AvgIpc) is 2.99. The third-order valence-electron chi connectivity index (χ3n) is 4.20. The molecule has 0 aliphatic carbocycles. The van der Waals surface area contributed by atoms with E-state index >= 15 is 0 Å². The smallest absolute Gasteiger partial charge is 0.0930 e. The minimum absolute atomic E-state index is 0.764. The van der Waals surface area contributed by atoms with Crippen LogP contribution in [0.15, 0.2) is 72.9 Å². The zero-order valence-electron chi connectivity index (χ0n) is 14.1. The minimum Gasteiger partial charge on any atom is -0.260 e. The Balaban J connectivity index is 1.72. The molecule has 25 heavy (non-hydrogen) atoms. The van der Waals surface area contributed by atoms with Crippen LogP contribution in [0.3, 0.4) is 0 Å². The Morgan fingerprint density at radius 3 is 2.64 bits per heavy atom. The van der Waals surface area contributed by atoms with E-state index in [1.165, 1.54) is 11.1 Å². The first-order valence-electron chi connectivity index (χ1n) is 8.40. The molecule has 3 heteroatoms. The first kappa shape index (κ1) is 15.3. The van der Waals surface area contributed by atoms with Crippen LogP contribution in [0.4, 0.5) is 0 Å². The molecule has 0 bridgehead atoms. The van der Waals surface area contributed by atoms with Gasteiger partial charge in [0.1, 0.15) is 0 Å². The number of aryl methyl sites for hydroxylation is 1. The van der Waals surface area contributed by atoms with Crippen LogP contribution in [-0.4, -0.2) is 14.8 Å². The molecule has 4 aromatic rings. The van der Waals surface area contributed by atoms with Crippen molar-refractivity contribution in [3.05, 3.63) is 95.4 Å². The number of benzene rings is 2. The van der Waals surface area contributed by atoms with Crippen LogP contribution in [0.2, 0.25) is 0 Å². The van der Waals surface area contributed by atoms with Gasteiger partial charge < -0.3 is 0 Å². The van der Waals surface area contributed by atoms with Crippen molar-refractivity contribution in [3.8, 4) is 0 Å². The molecule has 0 aliphatic heterocycles. The Bertz CT molecular complexity index is 1030. The molecule has 0 N–H and O–H groups in total. The Kier molecular flexibility index (Phi) is 4.13. The van der Waals surface area contributed by atoms with Crippen molar-refractivity contribution in [2.24, 2.45) is 0 Å². The second kappa shape index (κ2) is 6.73. The Morgan fingerprint density at radius 2 is 1.80 bits per heavy atom. The minimum atomic E-state index is 0.764. The van der Waals surface area contributed by atoms with Gasteiger partial charge in [-0.3, -0.25) is 9.67 Å². The molecule has 0 amide bonds. The van der Waals surface area contributed by atoms with Gasteiger partial charge >= 0.3 is 0 Å². The predicted octanol–water partition coefficient (Wildman–Crippen LogP) is 4.96. The molecule has 0 saturated carbocycles. The van der Waals surface area contributed by atoms with Gasteiger partial charge in [0.2, 0.25) is 0 Å². The van der Waals surface area contributed by atoms with E-state index in [1.807, 2.05) is 30.4 Å². The predicted molar refractivity (Wildman–Crippen MR) is 103 cm³/mol. The van der Waals surface area contributed by atoms with Crippen molar-refractivity contribution in [1.82, 2.24) is 14.8 Å². The number of aromatic nitrogens is 3. The van der Waals surface area contributed by atoms with E-state index in [-0.39, 0.29) is 0 Å². The van der Waals surface area contributed by atoms with Crippen molar-refractivity contribution >= 4 is 23.1 Å². The van der Waals surface area contributed by atoms with Crippen molar-refractivity contribution < 1.29 is 0 Å². The number of rotatable bonds is 4. The molecular weight excluding hydrogens is 306 g/mol. The average molecular weight is 325 g/mol. The van der Waals surface area contributed by atoms with Gasteiger partial charge in [-0.15, -0.1) is 0 Å². The SMILES string of the molecule is Cc1cccc(Cn2nc(C=Cc3ccccn3)c3ccccc32)c1. The van der Waals surface area contributed by atoms with Crippen molar-refractivity contribution in [1.29, 1.82) is 0 Å². The standard InChI is InChI=1S/C22H19N3/c1-17-7-6-8-18(15-17)16-25-22-11-3-2-10-20(22)21(24-25)13-12-19-9-4-5-14-23-19/h2-15H,16H2,1H3. The molecule has 0 spiro atoms. The summed E-state index contributed by atoms with van der Waals surface area (Å²) in [7, 11) is 0. The van der Waals surface area contributed by atoms with Crippen LogP contribution in [0.5, 0.6) is 0 Å². The first-order chi connectivity index (χ1) is 12.3. The molecule has 122 valence electrons. The summed E-state index contributed by atoms with van der Waals surface area (Å²) >= 11 is 0. The third kappa shape index (κ3) is 3.36. The Morgan fingerprint density at radius 1 is 0.920 bits per heavy atom.